The number of carbonyl (C=O) groups is 1. The lowest BCUT2D eigenvalue weighted by molar-refractivity contribution is -0.119. The molecule has 0 unspecified atom stereocenters. The number of nitrogens with zero attached hydrogens (tertiary/aromatic N) is 4. The molecule has 0 aliphatic heterocycles. The van der Waals surface area contributed by atoms with Gasteiger partial charge in [0.1, 0.15) is 5.82 Å². The maximum Gasteiger partial charge on any atom is 0.230 e. The lowest BCUT2D eigenvalue weighted by Gasteiger charge is -2.16. The second-order valence-corrected chi connectivity index (χ2v) is 8.32. The maximum atomic E-state index is 14.6. The van der Waals surface area contributed by atoms with Crippen LogP contribution >= 0.6 is 11.8 Å². The van der Waals surface area contributed by atoms with Gasteiger partial charge in [0, 0.05) is 24.0 Å². The molecule has 0 saturated heterocycles. The van der Waals surface area contributed by atoms with Crippen molar-refractivity contribution in [3.63, 3.8) is 0 Å². The molecule has 0 radical (unpaired) electrons. The molecule has 0 atom stereocenters. The fourth-order valence-corrected chi connectivity index (χ4v) is 4.47. The van der Waals surface area contributed by atoms with E-state index < -0.39 is 0 Å². The highest BCUT2D eigenvalue weighted by Gasteiger charge is 2.20. The molecule has 4 rings (SSSR count). The first kappa shape index (κ1) is 20.5. The normalized spacial score (nSPS) is 15.0. The molecule has 1 aromatic carbocycles. The van der Waals surface area contributed by atoms with E-state index in [-0.39, 0.29) is 23.5 Å². The van der Waals surface area contributed by atoms with Crippen molar-refractivity contribution in [2.75, 3.05) is 5.75 Å². The average molecular weight is 426 g/mol. The number of halogens is 1. The van der Waals surface area contributed by atoms with E-state index in [1.165, 1.54) is 30.7 Å². The van der Waals surface area contributed by atoms with Gasteiger partial charge in [-0.2, -0.15) is 0 Å². The Bertz CT molecular complexity index is 986. The second-order valence-electron chi connectivity index (χ2n) is 7.38. The third-order valence-electron chi connectivity index (χ3n) is 5.20. The number of benzene rings is 1. The van der Waals surface area contributed by atoms with Crippen molar-refractivity contribution >= 4 is 17.7 Å². The number of aromatic nitrogens is 4. The molecule has 1 N–H and O–H groups in total. The summed E-state index contributed by atoms with van der Waals surface area (Å²) in [6.45, 7) is 0. The third kappa shape index (κ3) is 4.87. The first-order chi connectivity index (χ1) is 14.7. The highest BCUT2D eigenvalue weighted by Crippen LogP contribution is 2.29. The molecule has 8 heteroatoms. The Morgan fingerprint density at radius 2 is 1.90 bits per heavy atom. The summed E-state index contributed by atoms with van der Waals surface area (Å²) in [5.74, 6) is 0.279. The van der Waals surface area contributed by atoms with Crippen LogP contribution in [0.25, 0.3) is 17.1 Å². The Morgan fingerprint density at radius 1 is 1.10 bits per heavy atom. The van der Waals surface area contributed by atoms with Crippen molar-refractivity contribution in [3.05, 3.63) is 54.6 Å². The number of rotatable bonds is 6. The van der Waals surface area contributed by atoms with Crippen LogP contribution in [0.5, 0.6) is 0 Å². The molecule has 2 heterocycles. The van der Waals surface area contributed by atoms with Crippen LogP contribution in [0.2, 0.25) is 0 Å². The Balaban J connectivity index is 1.55. The van der Waals surface area contributed by atoms with E-state index in [4.69, 9.17) is 0 Å². The third-order valence-corrected chi connectivity index (χ3v) is 6.13. The van der Waals surface area contributed by atoms with Crippen LogP contribution in [0.1, 0.15) is 38.5 Å². The number of carbonyl (C=O) groups excluding carboxylic acids is 1. The summed E-state index contributed by atoms with van der Waals surface area (Å²) in [5, 5.41) is 12.1. The predicted octanol–water partition coefficient (Wildman–Crippen LogP) is 4.40. The van der Waals surface area contributed by atoms with E-state index in [0.717, 1.165) is 31.2 Å². The van der Waals surface area contributed by atoms with E-state index in [2.05, 4.69) is 20.5 Å². The smallest absolute Gasteiger partial charge is 0.230 e. The summed E-state index contributed by atoms with van der Waals surface area (Å²) >= 11 is 1.26. The van der Waals surface area contributed by atoms with Gasteiger partial charge < -0.3 is 5.32 Å². The highest BCUT2D eigenvalue weighted by molar-refractivity contribution is 7.99. The molecule has 1 aliphatic carbocycles. The van der Waals surface area contributed by atoms with Gasteiger partial charge in [-0.1, -0.05) is 49.6 Å². The van der Waals surface area contributed by atoms with Gasteiger partial charge in [0.05, 0.1) is 11.4 Å². The zero-order valence-corrected chi connectivity index (χ0v) is 17.4. The van der Waals surface area contributed by atoms with Crippen molar-refractivity contribution in [1.29, 1.82) is 0 Å². The van der Waals surface area contributed by atoms with Crippen molar-refractivity contribution in [1.82, 2.24) is 25.1 Å². The molecule has 156 valence electrons. The van der Waals surface area contributed by atoms with Crippen LogP contribution < -0.4 is 5.32 Å². The molecule has 1 aliphatic rings. The SMILES string of the molecule is O=C(CSc1nnc(-c2cccnc2)n1-c1ccccc1F)NC1CCCCCC1. The Labute approximate surface area is 179 Å². The van der Waals surface area contributed by atoms with E-state index in [1.54, 1.807) is 41.2 Å². The highest BCUT2D eigenvalue weighted by atomic mass is 32.2. The van der Waals surface area contributed by atoms with E-state index in [9.17, 15) is 9.18 Å². The minimum absolute atomic E-state index is 0.0297. The van der Waals surface area contributed by atoms with Crippen LogP contribution in [0.4, 0.5) is 4.39 Å². The number of hydrogen-bond acceptors (Lipinski definition) is 5. The van der Waals surface area contributed by atoms with Crippen LogP contribution in [0.3, 0.4) is 0 Å². The first-order valence-electron chi connectivity index (χ1n) is 10.3. The molecule has 0 bridgehead atoms. The summed E-state index contributed by atoms with van der Waals surface area (Å²) in [6.07, 6.45) is 10.2. The van der Waals surface area contributed by atoms with E-state index in [1.807, 2.05) is 6.07 Å². The Kier molecular flexibility index (Phi) is 6.74. The summed E-state index contributed by atoms with van der Waals surface area (Å²) < 4.78 is 16.2. The van der Waals surface area contributed by atoms with Crippen LogP contribution in [0.15, 0.2) is 53.9 Å². The van der Waals surface area contributed by atoms with Crippen molar-refractivity contribution in [3.8, 4) is 17.1 Å². The second kappa shape index (κ2) is 9.84. The minimum atomic E-state index is -0.382. The standard InChI is InChI=1S/C22H24FN5OS/c23-18-11-5-6-12-19(18)28-21(16-8-7-13-24-14-16)26-27-22(28)30-15-20(29)25-17-9-3-1-2-4-10-17/h5-8,11-14,17H,1-4,9-10,15H2,(H,25,29). The van der Waals surface area contributed by atoms with Crippen molar-refractivity contribution in [2.45, 2.75) is 49.7 Å². The van der Waals surface area contributed by atoms with E-state index >= 15 is 0 Å². The van der Waals surface area contributed by atoms with Gasteiger partial charge in [-0.3, -0.25) is 14.3 Å². The number of nitrogens with one attached hydrogen (secondary N) is 1. The first-order valence-corrected chi connectivity index (χ1v) is 11.2. The Hall–Kier alpha value is -2.74. The lowest BCUT2D eigenvalue weighted by atomic mass is 10.1. The fraction of sp³-hybridized carbons (Fsp3) is 0.364. The van der Waals surface area contributed by atoms with Crippen LogP contribution in [-0.4, -0.2) is 37.5 Å². The van der Waals surface area contributed by atoms with Gasteiger partial charge >= 0.3 is 0 Å². The number of amides is 1. The molecule has 1 amide bonds. The van der Waals surface area contributed by atoms with Gasteiger partial charge in [-0.15, -0.1) is 10.2 Å². The molecule has 1 fully saturated rings. The molecule has 2 aromatic heterocycles. The van der Waals surface area contributed by atoms with Gasteiger partial charge in [0.25, 0.3) is 0 Å². The largest absolute Gasteiger partial charge is 0.353 e. The topological polar surface area (TPSA) is 72.7 Å². The van der Waals surface area contributed by atoms with Gasteiger partial charge in [0.15, 0.2) is 11.0 Å². The monoisotopic (exact) mass is 425 g/mol. The summed E-state index contributed by atoms with van der Waals surface area (Å²) in [6, 6.07) is 10.4. The molecule has 1 saturated carbocycles. The van der Waals surface area contributed by atoms with Gasteiger partial charge in [-0.05, 0) is 37.1 Å². The zero-order chi connectivity index (χ0) is 20.8. The van der Waals surface area contributed by atoms with Gasteiger partial charge in [0.2, 0.25) is 5.91 Å². The predicted molar refractivity (Wildman–Crippen MR) is 115 cm³/mol. The number of pyridine rings is 1. The number of para-hydroxylation sites is 1. The Morgan fingerprint density at radius 3 is 2.63 bits per heavy atom. The minimum Gasteiger partial charge on any atom is -0.353 e. The molecular weight excluding hydrogens is 401 g/mol. The van der Waals surface area contributed by atoms with Crippen molar-refractivity contribution < 1.29 is 9.18 Å². The molecule has 0 spiro atoms. The lowest BCUT2D eigenvalue weighted by Crippen LogP contribution is -2.35. The molecule has 30 heavy (non-hydrogen) atoms. The summed E-state index contributed by atoms with van der Waals surface area (Å²) in [4.78, 5) is 16.6. The zero-order valence-electron chi connectivity index (χ0n) is 16.6. The van der Waals surface area contributed by atoms with Gasteiger partial charge in [-0.25, -0.2) is 4.39 Å². The van der Waals surface area contributed by atoms with Crippen LogP contribution in [-0.2, 0) is 4.79 Å². The fourth-order valence-electron chi connectivity index (χ4n) is 3.72. The van der Waals surface area contributed by atoms with Crippen molar-refractivity contribution in [2.24, 2.45) is 0 Å². The number of hydrogen-bond donors (Lipinski definition) is 1. The summed E-state index contributed by atoms with van der Waals surface area (Å²) in [7, 11) is 0. The summed E-state index contributed by atoms with van der Waals surface area (Å²) in [5.41, 5.74) is 1.07. The molecular formula is C22H24FN5OS. The quantitative estimate of drug-likeness (QED) is 0.468. The number of thioether (sulfide) groups is 1. The van der Waals surface area contributed by atoms with Crippen LogP contribution in [0, 0.1) is 5.82 Å². The maximum absolute atomic E-state index is 14.6. The molecule has 3 aromatic rings. The van der Waals surface area contributed by atoms with E-state index in [0.29, 0.717) is 16.7 Å². The molecule has 6 nitrogen and oxygen atoms in total. The average Bonchev–Trinajstić information content (AvgIpc) is 3.02.